The highest BCUT2D eigenvalue weighted by molar-refractivity contribution is 6.31. The Morgan fingerprint density at radius 1 is 1.37 bits per heavy atom. The largest absolute Gasteiger partial charge is 0.369 e. The van der Waals surface area contributed by atoms with Crippen molar-refractivity contribution in [1.29, 1.82) is 0 Å². The SMILES string of the molecule is Cn1cnc(CCn2c(N)nc3cc(Cl)cnc32)n1. The van der Waals surface area contributed by atoms with Crippen LogP contribution in [-0.2, 0) is 20.0 Å². The van der Waals surface area contributed by atoms with Gasteiger partial charge in [-0.05, 0) is 6.07 Å². The van der Waals surface area contributed by atoms with Gasteiger partial charge in [0.15, 0.2) is 11.5 Å². The highest BCUT2D eigenvalue weighted by Gasteiger charge is 2.10. The van der Waals surface area contributed by atoms with Crippen LogP contribution >= 0.6 is 11.6 Å². The fourth-order valence-electron chi connectivity index (χ4n) is 1.93. The van der Waals surface area contributed by atoms with Gasteiger partial charge >= 0.3 is 0 Å². The minimum atomic E-state index is 0.417. The summed E-state index contributed by atoms with van der Waals surface area (Å²) < 4.78 is 3.50. The number of nitrogen functional groups attached to an aromatic ring is 1. The summed E-state index contributed by atoms with van der Waals surface area (Å²) in [5.41, 5.74) is 7.31. The molecule has 0 atom stereocenters. The Morgan fingerprint density at radius 2 is 2.21 bits per heavy atom. The Bertz CT molecular complexity index is 730. The summed E-state index contributed by atoms with van der Waals surface area (Å²) in [4.78, 5) is 12.7. The van der Waals surface area contributed by atoms with Crippen molar-refractivity contribution in [2.24, 2.45) is 7.05 Å². The van der Waals surface area contributed by atoms with Crippen molar-refractivity contribution in [1.82, 2.24) is 29.3 Å². The van der Waals surface area contributed by atoms with Crippen LogP contribution in [0.4, 0.5) is 5.95 Å². The first kappa shape index (κ1) is 11.9. The number of pyridine rings is 1. The molecule has 0 bridgehead atoms. The molecule has 0 radical (unpaired) electrons. The maximum atomic E-state index is 5.90. The molecule has 0 aromatic carbocycles. The lowest BCUT2D eigenvalue weighted by Crippen LogP contribution is -2.07. The zero-order chi connectivity index (χ0) is 13.4. The van der Waals surface area contributed by atoms with E-state index in [2.05, 4.69) is 20.1 Å². The van der Waals surface area contributed by atoms with Crippen LogP contribution in [0.25, 0.3) is 11.2 Å². The zero-order valence-electron chi connectivity index (χ0n) is 10.3. The van der Waals surface area contributed by atoms with E-state index in [4.69, 9.17) is 17.3 Å². The molecule has 0 unspecified atom stereocenters. The summed E-state index contributed by atoms with van der Waals surface area (Å²) in [6, 6.07) is 1.75. The Labute approximate surface area is 114 Å². The van der Waals surface area contributed by atoms with Gasteiger partial charge in [-0.2, -0.15) is 5.10 Å². The Hall–Kier alpha value is -2.15. The van der Waals surface area contributed by atoms with E-state index in [9.17, 15) is 0 Å². The number of imidazole rings is 1. The van der Waals surface area contributed by atoms with E-state index in [0.29, 0.717) is 29.5 Å². The van der Waals surface area contributed by atoms with Crippen molar-refractivity contribution in [2.75, 3.05) is 5.73 Å². The van der Waals surface area contributed by atoms with Gasteiger partial charge < -0.3 is 5.73 Å². The molecule has 7 nitrogen and oxygen atoms in total. The lowest BCUT2D eigenvalue weighted by atomic mass is 10.4. The van der Waals surface area contributed by atoms with E-state index >= 15 is 0 Å². The molecule has 8 heteroatoms. The second-order valence-corrected chi connectivity index (χ2v) is 4.64. The van der Waals surface area contributed by atoms with Crippen LogP contribution in [0, 0.1) is 0 Å². The highest BCUT2D eigenvalue weighted by atomic mass is 35.5. The van der Waals surface area contributed by atoms with Crippen LogP contribution in [0.3, 0.4) is 0 Å². The first-order valence-corrected chi connectivity index (χ1v) is 6.13. The lowest BCUT2D eigenvalue weighted by Gasteiger charge is -2.03. The molecule has 3 rings (SSSR count). The molecule has 98 valence electrons. The molecule has 0 aliphatic heterocycles. The van der Waals surface area contributed by atoms with Crippen LogP contribution in [0.5, 0.6) is 0 Å². The van der Waals surface area contributed by atoms with Gasteiger partial charge in [-0.3, -0.25) is 9.25 Å². The van der Waals surface area contributed by atoms with E-state index < -0.39 is 0 Å². The average Bonchev–Trinajstić information content (AvgIpc) is 2.89. The molecule has 3 aromatic rings. The second-order valence-electron chi connectivity index (χ2n) is 4.20. The summed E-state index contributed by atoms with van der Waals surface area (Å²) in [7, 11) is 1.83. The van der Waals surface area contributed by atoms with Crippen molar-refractivity contribution >= 4 is 28.7 Å². The van der Waals surface area contributed by atoms with Gasteiger partial charge in [-0.1, -0.05) is 11.6 Å². The van der Waals surface area contributed by atoms with Crippen LogP contribution in [0.1, 0.15) is 5.82 Å². The topological polar surface area (TPSA) is 87.4 Å². The second kappa shape index (κ2) is 4.51. The van der Waals surface area contributed by atoms with Crippen LogP contribution in [0.15, 0.2) is 18.6 Å². The Morgan fingerprint density at radius 3 is 2.95 bits per heavy atom. The van der Waals surface area contributed by atoms with E-state index in [-0.39, 0.29) is 0 Å². The highest BCUT2D eigenvalue weighted by Crippen LogP contribution is 2.19. The number of anilines is 1. The fraction of sp³-hybridized carbons (Fsp3) is 0.273. The van der Waals surface area contributed by atoms with Crippen molar-refractivity contribution in [3.05, 3.63) is 29.4 Å². The molecular formula is C11H12ClN7. The molecule has 0 spiro atoms. The van der Waals surface area contributed by atoms with Gasteiger partial charge in [-0.25, -0.2) is 15.0 Å². The van der Waals surface area contributed by atoms with Gasteiger partial charge in [0.1, 0.15) is 11.8 Å². The number of nitrogens with two attached hydrogens (primary N) is 1. The molecule has 19 heavy (non-hydrogen) atoms. The van der Waals surface area contributed by atoms with E-state index in [1.54, 1.807) is 23.3 Å². The number of rotatable bonds is 3. The first-order chi connectivity index (χ1) is 9.13. The van der Waals surface area contributed by atoms with Gasteiger partial charge in [0, 0.05) is 26.2 Å². The van der Waals surface area contributed by atoms with E-state index in [1.807, 2.05) is 11.6 Å². The number of hydrogen-bond donors (Lipinski definition) is 1. The van der Waals surface area contributed by atoms with Crippen molar-refractivity contribution in [2.45, 2.75) is 13.0 Å². The molecule has 0 aliphatic rings. The molecule has 3 aromatic heterocycles. The minimum Gasteiger partial charge on any atom is -0.369 e. The molecular weight excluding hydrogens is 266 g/mol. The standard InChI is InChI=1S/C11H12ClN7/c1-18-6-15-9(17-18)2-3-19-10-8(16-11(19)13)4-7(12)5-14-10/h4-6H,2-3H2,1H3,(H2,13,16). The van der Waals surface area contributed by atoms with Crippen LogP contribution in [-0.4, -0.2) is 29.3 Å². The third-order valence-electron chi connectivity index (χ3n) is 2.79. The molecule has 2 N–H and O–H groups in total. The maximum absolute atomic E-state index is 5.90. The summed E-state index contributed by atoms with van der Waals surface area (Å²) in [5.74, 6) is 1.18. The van der Waals surface area contributed by atoms with Gasteiger partial charge in [0.05, 0.1) is 5.02 Å². The summed E-state index contributed by atoms with van der Waals surface area (Å²) in [6.45, 7) is 0.626. The van der Waals surface area contributed by atoms with Gasteiger partial charge in [-0.15, -0.1) is 0 Å². The monoisotopic (exact) mass is 277 g/mol. The predicted molar refractivity (Wildman–Crippen MR) is 71.7 cm³/mol. The summed E-state index contributed by atoms with van der Waals surface area (Å²) in [6.07, 6.45) is 3.92. The average molecular weight is 278 g/mol. The van der Waals surface area contributed by atoms with Gasteiger partial charge in [0.2, 0.25) is 5.95 Å². The number of hydrogen-bond acceptors (Lipinski definition) is 5. The molecule has 0 saturated carbocycles. The van der Waals surface area contributed by atoms with E-state index in [1.165, 1.54) is 0 Å². The molecule has 3 heterocycles. The third kappa shape index (κ3) is 2.24. The molecule has 0 saturated heterocycles. The number of aryl methyl sites for hydroxylation is 3. The Balaban J connectivity index is 1.90. The third-order valence-corrected chi connectivity index (χ3v) is 2.99. The first-order valence-electron chi connectivity index (χ1n) is 5.75. The summed E-state index contributed by atoms with van der Waals surface area (Å²) in [5, 5.41) is 4.77. The van der Waals surface area contributed by atoms with Gasteiger partial charge in [0.25, 0.3) is 0 Å². The van der Waals surface area contributed by atoms with Crippen molar-refractivity contribution in [3.63, 3.8) is 0 Å². The number of fused-ring (bicyclic) bond motifs is 1. The number of aromatic nitrogens is 6. The smallest absolute Gasteiger partial charge is 0.202 e. The van der Waals surface area contributed by atoms with Crippen LogP contribution in [0.2, 0.25) is 5.02 Å². The van der Waals surface area contributed by atoms with Crippen molar-refractivity contribution in [3.8, 4) is 0 Å². The Kier molecular flexibility index (Phi) is 2.83. The predicted octanol–water partition coefficient (Wildman–Crippen LogP) is 1.04. The number of halogens is 1. The van der Waals surface area contributed by atoms with Crippen LogP contribution < -0.4 is 5.73 Å². The fourth-order valence-corrected chi connectivity index (χ4v) is 2.09. The molecule has 0 amide bonds. The van der Waals surface area contributed by atoms with E-state index in [0.717, 1.165) is 11.5 Å². The lowest BCUT2D eigenvalue weighted by molar-refractivity contribution is 0.674. The number of nitrogens with zero attached hydrogens (tertiary/aromatic N) is 6. The van der Waals surface area contributed by atoms with Crippen molar-refractivity contribution < 1.29 is 0 Å². The molecule has 0 fully saturated rings. The maximum Gasteiger partial charge on any atom is 0.202 e. The molecule has 0 aliphatic carbocycles. The zero-order valence-corrected chi connectivity index (χ0v) is 11.0. The normalized spacial score (nSPS) is 11.3. The summed E-state index contributed by atoms with van der Waals surface area (Å²) >= 11 is 5.88. The quantitative estimate of drug-likeness (QED) is 0.773. The minimum absolute atomic E-state index is 0.417.